The molecule has 0 spiro atoms. The highest BCUT2D eigenvalue weighted by Crippen LogP contribution is 2.32. The number of hydrogen-bond donors (Lipinski definition) is 0. The third-order valence-corrected chi connectivity index (χ3v) is 6.25. The summed E-state index contributed by atoms with van der Waals surface area (Å²) in [4.78, 5) is 42.1. The lowest BCUT2D eigenvalue weighted by Crippen LogP contribution is -2.39. The van der Waals surface area contributed by atoms with Crippen LogP contribution in [0.25, 0.3) is 12.2 Å². The van der Waals surface area contributed by atoms with Gasteiger partial charge in [-0.15, -0.1) is 0 Å². The van der Waals surface area contributed by atoms with E-state index in [1.54, 1.807) is 32.1 Å². The molecule has 3 aromatic rings. The second kappa shape index (κ2) is 9.80. The standard InChI is InChI=1S/C25H21N3O5S/c1-3-33-24(30)21-16(2)26-25-27(22(21)18-12-8-13-19(15-18)28(31)32)23(29)20(34-25)14-7-11-17-9-5-4-6-10-17/h4-15,22H,3H2,1-2H3/b11-7-,20-14+. The van der Waals surface area contributed by atoms with Crippen LogP contribution in [0.5, 0.6) is 0 Å². The Kier molecular flexibility index (Phi) is 6.65. The lowest BCUT2D eigenvalue weighted by molar-refractivity contribution is -0.384. The third kappa shape index (κ3) is 4.51. The quantitative estimate of drug-likeness (QED) is 0.309. The van der Waals surface area contributed by atoms with Crippen LogP contribution in [0.15, 0.2) is 81.7 Å². The molecular formula is C25H21N3O5S. The van der Waals surface area contributed by atoms with Crippen molar-refractivity contribution in [2.75, 3.05) is 6.61 Å². The smallest absolute Gasteiger partial charge is 0.338 e. The number of aromatic nitrogens is 1. The van der Waals surface area contributed by atoms with E-state index in [-0.39, 0.29) is 23.4 Å². The van der Waals surface area contributed by atoms with Crippen molar-refractivity contribution in [2.24, 2.45) is 4.99 Å². The number of benzene rings is 2. The molecule has 172 valence electrons. The van der Waals surface area contributed by atoms with E-state index < -0.39 is 16.9 Å². The fraction of sp³-hybridized carbons (Fsp3) is 0.160. The number of nitro benzene ring substituents is 1. The summed E-state index contributed by atoms with van der Waals surface area (Å²) in [5.41, 5.74) is 1.53. The Labute approximate surface area is 198 Å². The molecule has 4 rings (SSSR count). The van der Waals surface area contributed by atoms with Crippen LogP contribution in [0.4, 0.5) is 5.69 Å². The number of carbonyl (C=O) groups is 1. The minimum Gasteiger partial charge on any atom is -0.463 e. The molecular weight excluding hydrogens is 454 g/mol. The number of nitrogens with zero attached hydrogens (tertiary/aromatic N) is 3. The van der Waals surface area contributed by atoms with E-state index in [1.165, 1.54) is 34.1 Å². The van der Waals surface area contributed by atoms with E-state index in [0.29, 0.717) is 20.6 Å². The molecule has 2 heterocycles. The van der Waals surface area contributed by atoms with Crippen LogP contribution in [-0.4, -0.2) is 22.1 Å². The second-order valence-corrected chi connectivity index (χ2v) is 8.46. The molecule has 0 amide bonds. The Morgan fingerprint density at radius 2 is 2.00 bits per heavy atom. The zero-order valence-electron chi connectivity index (χ0n) is 18.5. The molecule has 0 radical (unpaired) electrons. The Morgan fingerprint density at radius 1 is 1.24 bits per heavy atom. The summed E-state index contributed by atoms with van der Waals surface area (Å²) in [6.45, 7) is 3.50. The van der Waals surface area contributed by atoms with Gasteiger partial charge >= 0.3 is 5.97 Å². The molecule has 0 aliphatic carbocycles. The number of non-ortho nitro benzene ring substituents is 1. The predicted octanol–water partition coefficient (Wildman–Crippen LogP) is 3.37. The van der Waals surface area contributed by atoms with Gasteiger partial charge in [0.25, 0.3) is 11.2 Å². The summed E-state index contributed by atoms with van der Waals surface area (Å²) >= 11 is 1.19. The fourth-order valence-corrected chi connectivity index (χ4v) is 4.74. The molecule has 1 aliphatic heterocycles. The van der Waals surface area contributed by atoms with Crippen LogP contribution < -0.4 is 14.9 Å². The molecule has 0 saturated carbocycles. The van der Waals surface area contributed by atoms with Crippen LogP contribution in [0, 0.1) is 10.1 Å². The average molecular weight is 476 g/mol. The summed E-state index contributed by atoms with van der Waals surface area (Å²) in [6.07, 6.45) is 5.36. The molecule has 1 unspecified atom stereocenters. The van der Waals surface area contributed by atoms with Gasteiger partial charge in [0.15, 0.2) is 4.80 Å². The average Bonchev–Trinajstić information content (AvgIpc) is 3.13. The van der Waals surface area contributed by atoms with E-state index in [2.05, 4.69) is 4.99 Å². The van der Waals surface area contributed by atoms with Gasteiger partial charge in [-0.2, -0.15) is 0 Å². The van der Waals surface area contributed by atoms with Crippen LogP contribution in [-0.2, 0) is 9.53 Å². The van der Waals surface area contributed by atoms with Gasteiger partial charge in [0.05, 0.1) is 33.4 Å². The first-order valence-corrected chi connectivity index (χ1v) is 11.4. The number of fused-ring (bicyclic) bond motifs is 1. The normalized spacial score (nSPS) is 15.8. The Hall–Kier alpha value is -4.11. The number of esters is 1. The van der Waals surface area contributed by atoms with Crippen molar-refractivity contribution in [1.29, 1.82) is 0 Å². The van der Waals surface area contributed by atoms with Crippen molar-refractivity contribution in [3.8, 4) is 0 Å². The lowest BCUT2D eigenvalue weighted by atomic mass is 9.95. The Balaban J connectivity index is 1.89. The van der Waals surface area contributed by atoms with Crippen molar-refractivity contribution >= 4 is 35.1 Å². The highest BCUT2D eigenvalue weighted by Gasteiger charge is 2.33. The number of carbonyl (C=O) groups excluding carboxylic acids is 1. The van der Waals surface area contributed by atoms with Crippen molar-refractivity contribution in [3.63, 3.8) is 0 Å². The fourth-order valence-electron chi connectivity index (χ4n) is 3.74. The number of allylic oxidation sites excluding steroid dienone is 2. The minimum absolute atomic E-state index is 0.136. The first kappa shape index (κ1) is 23.1. The van der Waals surface area contributed by atoms with E-state index in [0.717, 1.165) is 5.56 Å². The first-order valence-electron chi connectivity index (χ1n) is 10.6. The minimum atomic E-state index is -0.893. The molecule has 8 nitrogen and oxygen atoms in total. The number of nitro groups is 1. The molecule has 0 fully saturated rings. The van der Waals surface area contributed by atoms with Crippen molar-refractivity contribution < 1.29 is 14.5 Å². The van der Waals surface area contributed by atoms with Gasteiger partial charge in [-0.05, 0) is 31.1 Å². The number of hydrogen-bond acceptors (Lipinski definition) is 7. The first-order chi connectivity index (χ1) is 16.4. The largest absolute Gasteiger partial charge is 0.463 e. The Morgan fingerprint density at radius 3 is 2.71 bits per heavy atom. The molecule has 0 bridgehead atoms. The van der Waals surface area contributed by atoms with Crippen LogP contribution >= 0.6 is 11.3 Å². The van der Waals surface area contributed by atoms with Crippen molar-refractivity contribution in [2.45, 2.75) is 19.9 Å². The summed E-state index contributed by atoms with van der Waals surface area (Å²) < 4.78 is 7.07. The molecule has 2 aromatic carbocycles. The summed E-state index contributed by atoms with van der Waals surface area (Å²) in [5.74, 6) is -0.612. The Bertz CT molecular complexity index is 1500. The maximum atomic E-state index is 13.4. The van der Waals surface area contributed by atoms with Gasteiger partial charge in [-0.3, -0.25) is 19.5 Å². The number of rotatable bonds is 6. The SMILES string of the molecule is CCOC(=O)C1=C(C)N=c2s/c(=C/C=C\c3ccccc3)c(=O)n2C1c1cccc([N+](=O)[O-])c1. The zero-order chi connectivity index (χ0) is 24.2. The van der Waals surface area contributed by atoms with Gasteiger partial charge in [-0.1, -0.05) is 66.0 Å². The molecule has 34 heavy (non-hydrogen) atoms. The monoisotopic (exact) mass is 475 g/mol. The molecule has 1 aliphatic rings. The second-order valence-electron chi connectivity index (χ2n) is 7.45. The number of ether oxygens (including phenoxy) is 1. The maximum Gasteiger partial charge on any atom is 0.338 e. The maximum absolute atomic E-state index is 13.4. The van der Waals surface area contributed by atoms with Crippen LogP contribution in [0.3, 0.4) is 0 Å². The number of thiazole rings is 1. The van der Waals surface area contributed by atoms with Gasteiger partial charge in [0.2, 0.25) is 0 Å². The zero-order valence-corrected chi connectivity index (χ0v) is 19.3. The van der Waals surface area contributed by atoms with E-state index in [1.807, 2.05) is 36.4 Å². The van der Waals surface area contributed by atoms with Crippen molar-refractivity contribution in [3.05, 3.63) is 113 Å². The summed E-state index contributed by atoms with van der Waals surface area (Å²) in [5, 5.41) is 11.4. The predicted molar refractivity (Wildman–Crippen MR) is 130 cm³/mol. The van der Waals surface area contributed by atoms with E-state index in [9.17, 15) is 19.7 Å². The molecule has 9 heteroatoms. The highest BCUT2D eigenvalue weighted by atomic mass is 32.1. The van der Waals surface area contributed by atoms with Gasteiger partial charge in [0.1, 0.15) is 0 Å². The highest BCUT2D eigenvalue weighted by molar-refractivity contribution is 7.07. The lowest BCUT2D eigenvalue weighted by Gasteiger charge is -2.24. The van der Waals surface area contributed by atoms with Gasteiger partial charge in [-0.25, -0.2) is 9.79 Å². The summed E-state index contributed by atoms with van der Waals surface area (Å²) in [7, 11) is 0. The van der Waals surface area contributed by atoms with E-state index in [4.69, 9.17) is 4.74 Å². The van der Waals surface area contributed by atoms with Crippen LogP contribution in [0.1, 0.15) is 31.0 Å². The molecule has 1 atom stereocenters. The van der Waals surface area contributed by atoms with Gasteiger partial charge in [0, 0.05) is 12.1 Å². The van der Waals surface area contributed by atoms with Crippen LogP contribution in [0.2, 0.25) is 0 Å². The molecule has 1 aromatic heterocycles. The topological polar surface area (TPSA) is 104 Å². The van der Waals surface area contributed by atoms with Gasteiger partial charge < -0.3 is 4.74 Å². The molecule has 0 saturated heterocycles. The third-order valence-electron chi connectivity index (χ3n) is 5.25. The van der Waals surface area contributed by atoms with Crippen molar-refractivity contribution in [1.82, 2.24) is 4.57 Å². The molecule has 0 N–H and O–H groups in total. The van der Waals surface area contributed by atoms with E-state index >= 15 is 0 Å². The summed E-state index contributed by atoms with van der Waals surface area (Å²) in [6, 6.07) is 14.7.